The predicted molar refractivity (Wildman–Crippen MR) is 86.8 cm³/mol. The molecule has 0 fully saturated rings. The molecule has 3 heteroatoms. The van der Waals surface area contributed by atoms with Crippen molar-refractivity contribution in [3.05, 3.63) is 59.7 Å². The van der Waals surface area contributed by atoms with Crippen LogP contribution in [0.3, 0.4) is 0 Å². The van der Waals surface area contributed by atoms with Crippen LogP contribution in [0, 0.1) is 0 Å². The van der Waals surface area contributed by atoms with Gasteiger partial charge in [0.05, 0.1) is 0 Å². The van der Waals surface area contributed by atoms with Crippen molar-refractivity contribution >= 4 is 5.69 Å². The summed E-state index contributed by atoms with van der Waals surface area (Å²) in [6.07, 6.45) is 2.32. The van der Waals surface area contributed by atoms with Gasteiger partial charge in [-0.2, -0.15) is 0 Å². The molecule has 3 nitrogen and oxygen atoms in total. The zero-order valence-electron chi connectivity index (χ0n) is 12.3. The van der Waals surface area contributed by atoms with E-state index in [1.807, 2.05) is 12.1 Å². The minimum Gasteiger partial charge on any atom is -0.508 e. The SMILES string of the molecule is Oc1ccc(CNCCCN2CCc3ccccc32)cc1. The maximum absolute atomic E-state index is 9.24. The smallest absolute Gasteiger partial charge is 0.115 e. The standard InChI is InChI=1S/C18H22N2O/c21-17-8-6-15(7-9-17)14-19-11-3-12-20-13-10-16-4-1-2-5-18(16)20/h1-2,4-9,19,21H,3,10-14H2. The third-order valence-electron chi connectivity index (χ3n) is 4.03. The molecule has 0 aromatic heterocycles. The van der Waals surface area contributed by atoms with Gasteiger partial charge in [-0.1, -0.05) is 30.3 Å². The summed E-state index contributed by atoms with van der Waals surface area (Å²) in [5.74, 6) is 0.325. The molecule has 0 aliphatic carbocycles. The number of benzene rings is 2. The largest absolute Gasteiger partial charge is 0.508 e. The maximum atomic E-state index is 9.24. The number of nitrogens with zero attached hydrogens (tertiary/aromatic N) is 1. The maximum Gasteiger partial charge on any atom is 0.115 e. The molecule has 0 atom stereocenters. The van der Waals surface area contributed by atoms with E-state index < -0.39 is 0 Å². The van der Waals surface area contributed by atoms with Gasteiger partial charge in [-0.25, -0.2) is 0 Å². The van der Waals surface area contributed by atoms with Crippen molar-refractivity contribution < 1.29 is 5.11 Å². The molecule has 0 spiro atoms. The molecule has 0 unspecified atom stereocenters. The predicted octanol–water partition coefficient (Wildman–Crippen LogP) is 2.93. The Kier molecular flexibility index (Phi) is 4.41. The van der Waals surface area contributed by atoms with Gasteiger partial charge in [0.25, 0.3) is 0 Å². The molecule has 110 valence electrons. The third kappa shape index (κ3) is 3.56. The molecule has 1 aliphatic heterocycles. The third-order valence-corrected chi connectivity index (χ3v) is 4.03. The van der Waals surface area contributed by atoms with Gasteiger partial charge in [-0.15, -0.1) is 0 Å². The molecule has 3 rings (SSSR count). The molecule has 2 aromatic carbocycles. The minimum atomic E-state index is 0.325. The van der Waals surface area contributed by atoms with Crippen LogP contribution in [-0.4, -0.2) is 24.7 Å². The van der Waals surface area contributed by atoms with E-state index in [0.717, 1.165) is 32.6 Å². The van der Waals surface area contributed by atoms with Gasteiger partial charge in [-0.05, 0) is 48.7 Å². The number of anilines is 1. The molecule has 0 radical (unpaired) electrons. The Balaban J connectivity index is 1.38. The second kappa shape index (κ2) is 6.64. The number of rotatable bonds is 6. The van der Waals surface area contributed by atoms with Gasteiger partial charge < -0.3 is 15.3 Å². The van der Waals surface area contributed by atoms with Gasteiger partial charge in [0.2, 0.25) is 0 Å². The van der Waals surface area contributed by atoms with Gasteiger partial charge in [0.15, 0.2) is 0 Å². The van der Waals surface area contributed by atoms with Crippen LogP contribution in [0.25, 0.3) is 0 Å². The van der Waals surface area contributed by atoms with Crippen molar-refractivity contribution in [1.82, 2.24) is 5.32 Å². The summed E-state index contributed by atoms with van der Waals surface area (Å²) < 4.78 is 0. The molecule has 0 amide bonds. The van der Waals surface area contributed by atoms with Crippen molar-refractivity contribution in [3.63, 3.8) is 0 Å². The molecule has 21 heavy (non-hydrogen) atoms. The first-order valence-corrected chi connectivity index (χ1v) is 7.64. The number of phenols is 1. The summed E-state index contributed by atoms with van der Waals surface area (Å²) in [6.45, 7) is 4.13. The van der Waals surface area contributed by atoms with Gasteiger partial charge in [0, 0.05) is 25.3 Å². The van der Waals surface area contributed by atoms with E-state index in [9.17, 15) is 5.11 Å². The number of hydrogen-bond acceptors (Lipinski definition) is 3. The Morgan fingerprint density at radius 3 is 2.71 bits per heavy atom. The highest BCUT2D eigenvalue weighted by atomic mass is 16.3. The fourth-order valence-electron chi connectivity index (χ4n) is 2.88. The summed E-state index contributed by atoms with van der Waals surface area (Å²) in [4.78, 5) is 2.48. The summed E-state index contributed by atoms with van der Waals surface area (Å²) >= 11 is 0. The fourth-order valence-corrected chi connectivity index (χ4v) is 2.88. The molecule has 0 bridgehead atoms. The summed E-state index contributed by atoms with van der Waals surface area (Å²) in [7, 11) is 0. The lowest BCUT2D eigenvalue weighted by atomic mass is 10.2. The first kappa shape index (κ1) is 14.0. The molecule has 2 N–H and O–H groups in total. The van der Waals surface area contributed by atoms with E-state index in [2.05, 4.69) is 34.5 Å². The van der Waals surface area contributed by atoms with Crippen LogP contribution < -0.4 is 10.2 Å². The highest BCUT2D eigenvalue weighted by molar-refractivity contribution is 5.57. The van der Waals surface area contributed by atoms with Crippen LogP contribution in [0.5, 0.6) is 5.75 Å². The van der Waals surface area contributed by atoms with Crippen molar-refractivity contribution in [2.24, 2.45) is 0 Å². The summed E-state index contributed by atoms with van der Waals surface area (Å²) in [5, 5.41) is 12.7. The summed E-state index contributed by atoms with van der Waals surface area (Å²) in [6, 6.07) is 16.1. The molecule has 0 saturated heterocycles. The van der Waals surface area contributed by atoms with E-state index in [-0.39, 0.29) is 0 Å². The number of hydrogen-bond donors (Lipinski definition) is 2. The lowest BCUT2D eigenvalue weighted by molar-refractivity contribution is 0.475. The van der Waals surface area contributed by atoms with E-state index in [1.54, 1.807) is 12.1 Å². The number of nitrogens with one attached hydrogen (secondary N) is 1. The number of phenolic OH excluding ortho intramolecular Hbond substituents is 1. The first-order chi connectivity index (χ1) is 10.3. The zero-order valence-corrected chi connectivity index (χ0v) is 12.3. The van der Waals surface area contributed by atoms with Crippen molar-refractivity contribution in [2.75, 3.05) is 24.5 Å². The van der Waals surface area contributed by atoms with Crippen molar-refractivity contribution in [2.45, 2.75) is 19.4 Å². The average Bonchev–Trinajstić information content (AvgIpc) is 2.92. The number of aromatic hydroxyl groups is 1. The average molecular weight is 282 g/mol. The van der Waals surface area contributed by atoms with E-state index in [4.69, 9.17) is 0 Å². The highest BCUT2D eigenvalue weighted by Gasteiger charge is 2.16. The summed E-state index contributed by atoms with van der Waals surface area (Å²) in [5.41, 5.74) is 4.10. The normalized spacial score (nSPS) is 13.4. The van der Waals surface area contributed by atoms with Crippen LogP contribution in [0.4, 0.5) is 5.69 Å². The Labute approximate surface area is 126 Å². The highest BCUT2D eigenvalue weighted by Crippen LogP contribution is 2.27. The zero-order chi connectivity index (χ0) is 14.5. The molecule has 0 saturated carbocycles. The molecular formula is C18H22N2O. The van der Waals surface area contributed by atoms with Gasteiger partial charge >= 0.3 is 0 Å². The first-order valence-electron chi connectivity index (χ1n) is 7.64. The lowest BCUT2D eigenvalue weighted by Crippen LogP contribution is -2.25. The quantitative estimate of drug-likeness (QED) is 0.800. The van der Waals surface area contributed by atoms with Gasteiger partial charge in [0.1, 0.15) is 5.75 Å². The van der Waals surface area contributed by atoms with Crippen molar-refractivity contribution in [1.29, 1.82) is 0 Å². The van der Waals surface area contributed by atoms with Crippen molar-refractivity contribution in [3.8, 4) is 5.75 Å². The molecule has 1 heterocycles. The number of fused-ring (bicyclic) bond motifs is 1. The molecular weight excluding hydrogens is 260 g/mol. The second-order valence-corrected chi connectivity index (χ2v) is 5.56. The fraction of sp³-hybridized carbons (Fsp3) is 0.333. The lowest BCUT2D eigenvalue weighted by Gasteiger charge is -2.19. The Bertz CT molecular complexity index is 580. The van der Waals surface area contributed by atoms with Crippen LogP contribution in [0.2, 0.25) is 0 Å². The van der Waals surface area contributed by atoms with E-state index in [1.165, 1.54) is 23.2 Å². The Morgan fingerprint density at radius 2 is 1.86 bits per heavy atom. The monoisotopic (exact) mass is 282 g/mol. The topological polar surface area (TPSA) is 35.5 Å². The van der Waals surface area contributed by atoms with E-state index >= 15 is 0 Å². The molecule has 2 aromatic rings. The minimum absolute atomic E-state index is 0.325. The van der Waals surface area contributed by atoms with Crippen LogP contribution in [0.15, 0.2) is 48.5 Å². The Morgan fingerprint density at radius 1 is 1.05 bits per heavy atom. The van der Waals surface area contributed by atoms with Gasteiger partial charge in [-0.3, -0.25) is 0 Å². The second-order valence-electron chi connectivity index (χ2n) is 5.56. The number of para-hydroxylation sites is 1. The molecule has 1 aliphatic rings. The van der Waals surface area contributed by atoms with Crippen LogP contribution >= 0.6 is 0 Å². The van der Waals surface area contributed by atoms with E-state index in [0.29, 0.717) is 5.75 Å². The van der Waals surface area contributed by atoms with Crippen LogP contribution in [-0.2, 0) is 13.0 Å². The van der Waals surface area contributed by atoms with Crippen LogP contribution in [0.1, 0.15) is 17.5 Å². The Hall–Kier alpha value is -2.00.